The molecule has 0 radical (unpaired) electrons. The third-order valence-corrected chi connectivity index (χ3v) is 2.43. The highest BCUT2D eigenvalue weighted by molar-refractivity contribution is 5.91. The van der Waals surface area contributed by atoms with Crippen LogP contribution in [0.25, 0.3) is 11.3 Å². The lowest BCUT2D eigenvalue weighted by Crippen LogP contribution is -2.10. The predicted octanol–water partition coefficient (Wildman–Crippen LogP) is 2.57. The van der Waals surface area contributed by atoms with Crippen molar-refractivity contribution in [1.82, 2.24) is 4.98 Å². The molecular weight excluding hydrogens is 252 g/mol. The third-order valence-electron chi connectivity index (χ3n) is 2.43. The van der Waals surface area contributed by atoms with E-state index in [9.17, 15) is 13.6 Å². The van der Waals surface area contributed by atoms with Crippen LogP contribution in [0.15, 0.2) is 30.3 Å². The van der Waals surface area contributed by atoms with E-state index in [4.69, 9.17) is 5.73 Å². The molecule has 0 atom stereocenters. The highest BCUT2D eigenvalue weighted by atomic mass is 19.1. The number of nitrogen functional groups attached to an aromatic ring is 1. The van der Waals surface area contributed by atoms with E-state index in [-0.39, 0.29) is 28.7 Å². The third kappa shape index (κ3) is 2.85. The molecule has 0 aliphatic rings. The van der Waals surface area contributed by atoms with Gasteiger partial charge in [-0.15, -0.1) is 0 Å². The molecule has 0 fully saturated rings. The molecular formula is C13H11F2N3O. The van der Waals surface area contributed by atoms with Gasteiger partial charge < -0.3 is 11.1 Å². The number of amides is 1. The molecule has 0 unspecified atom stereocenters. The van der Waals surface area contributed by atoms with Crippen LogP contribution in [0.5, 0.6) is 0 Å². The van der Waals surface area contributed by atoms with Gasteiger partial charge in [0.15, 0.2) is 5.82 Å². The normalized spacial score (nSPS) is 10.3. The van der Waals surface area contributed by atoms with Crippen molar-refractivity contribution in [2.75, 3.05) is 11.1 Å². The van der Waals surface area contributed by atoms with Gasteiger partial charge in [-0.3, -0.25) is 4.79 Å². The summed E-state index contributed by atoms with van der Waals surface area (Å²) in [6.45, 7) is 1.31. The fourth-order valence-corrected chi connectivity index (χ4v) is 1.58. The van der Waals surface area contributed by atoms with Crippen LogP contribution in [0.4, 0.5) is 20.3 Å². The van der Waals surface area contributed by atoms with Crippen LogP contribution in [0.2, 0.25) is 0 Å². The van der Waals surface area contributed by atoms with E-state index in [0.29, 0.717) is 0 Å². The van der Waals surface area contributed by atoms with Crippen molar-refractivity contribution in [3.8, 4) is 11.3 Å². The Bertz CT molecular complexity index is 644. The Morgan fingerprint density at radius 2 is 2.00 bits per heavy atom. The first-order valence-electron chi connectivity index (χ1n) is 5.47. The second-order valence-corrected chi connectivity index (χ2v) is 3.94. The summed E-state index contributed by atoms with van der Waals surface area (Å²) < 4.78 is 26.5. The Balaban J connectivity index is 2.48. The summed E-state index contributed by atoms with van der Waals surface area (Å²) in [6, 6.07) is 6.17. The van der Waals surface area contributed by atoms with Crippen LogP contribution in [0, 0.1) is 11.6 Å². The zero-order valence-corrected chi connectivity index (χ0v) is 10.1. The van der Waals surface area contributed by atoms with Crippen LogP contribution in [0.1, 0.15) is 6.92 Å². The molecule has 19 heavy (non-hydrogen) atoms. The van der Waals surface area contributed by atoms with Crippen LogP contribution < -0.4 is 11.1 Å². The van der Waals surface area contributed by atoms with Gasteiger partial charge in [0.25, 0.3) is 0 Å². The van der Waals surface area contributed by atoms with Crippen LogP contribution >= 0.6 is 0 Å². The summed E-state index contributed by atoms with van der Waals surface area (Å²) in [4.78, 5) is 15.0. The number of nitrogens with zero attached hydrogens (tertiary/aromatic N) is 1. The van der Waals surface area contributed by atoms with Gasteiger partial charge >= 0.3 is 0 Å². The number of nitrogens with two attached hydrogens (primary N) is 1. The number of anilines is 2. The molecule has 0 aliphatic heterocycles. The molecule has 0 aliphatic carbocycles. The van der Waals surface area contributed by atoms with E-state index in [1.165, 1.54) is 25.1 Å². The fraction of sp³-hybridized carbons (Fsp3) is 0.0769. The Hall–Kier alpha value is -2.50. The minimum absolute atomic E-state index is 0.132. The summed E-state index contributed by atoms with van der Waals surface area (Å²) in [5.41, 5.74) is 6.30. The molecule has 0 bridgehead atoms. The lowest BCUT2D eigenvalue weighted by Gasteiger charge is -2.08. The maximum Gasteiger partial charge on any atom is 0.222 e. The molecule has 0 saturated carbocycles. The van der Waals surface area contributed by atoms with Crippen molar-refractivity contribution in [2.24, 2.45) is 0 Å². The number of halogens is 2. The standard InChI is InChI=1S/C13H11F2N3O/c1-7(19)17-13-11(16)4-5-12(18-13)9-3-2-8(14)6-10(9)15/h2-6H,16H2,1H3,(H,17,18,19). The number of carbonyl (C=O) groups excluding carboxylic acids is 1. The van der Waals surface area contributed by atoms with Crippen molar-refractivity contribution < 1.29 is 13.6 Å². The van der Waals surface area contributed by atoms with Crippen molar-refractivity contribution in [2.45, 2.75) is 6.92 Å². The number of hydrogen-bond acceptors (Lipinski definition) is 3. The van der Waals surface area contributed by atoms with Gasteiger partial charge in [-0.05, 0) is 24.3 Å². The van der Waals surface area contributed by atoms with Crippen LogP contribution in [-0.4, -0.2) is 10.9 Å². The molecule has 2 aromatic rings. The van der Waals surface area contributed by atoms with Gasteiger partial charge in [-0.1, -0.05) is 0 Å². The number of rotatable bonds is 2. The van der Waals surface area contributed by atoms with E-state index >= 15 is 0 Å². The zero-order chi connectivity index (χ0) is 14.0. The lowest BCUT2D eigenvalue weighted by atomic mass is 10.1. The van der Waals surface area contributed by atoms with E-state index in [1.54, 1.807) is 0 Å². The Morgan fingerprint density at radius 1 is 1.26 bits per heavy atom. The first kappa shape index (κ1) is 12.9. The molecule has 1 aromatic heterocycles. The largest absolute Gasteiger partial charge is 0.396 e. The van der Waals surface area contributed by atoms with E-state index in [1.807, 2.05) is 0 Å². The minimum Gasteiger partial charge on any atom is -0.396 e. The second-order valence-electron chi connectivity index (χ2n) is 3.94. The molecule has 2 rings (SSSR count). The van der Waals surface area contributed by atoms with E-state index < -0.39 is 11.6 Å². The molecule has 3 N–H and O–H groups in total. The Morgan fingerprint density at radius 3 is 2.63 bits per heavy atom. The second kappa shape index (κ2) is 5.01. The van der Waals surface area contributed by atoms with Crippen molar-refractivity contribution in [3.63, 3.8) is 0 Å². The average molecular weight is 263 g/mol. The number of hydrogen-bond donors (Lipinski definition) is 2. The first-order valence-corrected chi connectivity index (χ1v) is 5.47. The summed E-state index contributed by atoms with van der Waals surface area (Å²) in [6.07, 6.45) is 0. The molecule has 4 nitrogen and oxygen atoms in total. The lowest BCUT2D eigenvalue weighted by molar-refractivity contribution is -0.114. The topological polar surface area (TPSA) is 68.0 Å². The molecule has 6 heteroatoms. The Labute approximate surface area is 108 Å². The average Bonchev–Trinajstić information content (AvgIpc) is 2.32. The molecule has 0 saturated heterocycles. The molecule has 1 aromatic carbocycles. The number of pyridine rings is 1. The summed E-state index contributed by atoms with van der Waals surface area (Å²) in [5, 5.41) is 2.44. The van der Waals surface area contributed by atoms with E-state index in [2.05, 4.69) is 10.3 Å². The maximum atomic E-state index is 13.6. The van der Waals surface area contributed by atoms with Gasteiger partial charge in [-0.25, -0.2) is 13.8 Å². The van der Waals surface area contributed by atoms with Crippen molar-refractivity contribution >= 4 is 17.4 Å². The predicted molar refractivity (Wildman–Crippen MR) is 68.3 cm³/mol. The quantitative estimate of drug-likeness (QED) is 0.875. The minimum atomic E-state index is -0.731. The number of benzene rings is 1. The first-order chi connectivity index (χ1) is 8.97. The molecule has 98 valence electrons. The molecule has 1 amide bonds. The summed E-state index contributed by atoms with van der Waals surface area (Å²) >= 11 is 0. The van der Waals surface area contributed by atoms with Gasteiger partial charge in [0, 0.05) is 18.6 Å². The van der Waals surface area contributed by atoms with Crippen molar-refractivity contribution in [1.29, 1.82) is 0 Å². The van der Waals surface area contributed by atoms with Gasteiger partial charge in [0.1, 0.15) is 11.6 Å². The number of nitrogens with one attached hydrogen (secondary N) is 1. The number of carbonyl (C=O) groups is 1. The highest BCUT2D eigenvalue weighted by Crippen LogP contribution is 2.25. The van der Waals surface area contributed by atoms with Crippen molar-refractivity contribution in [3.05, 3.63) is 42.0 Å². The number of aromatic nitrogens is 1. The van der Waals surface area contributed by atoms with Gasteiger partial charge in [0.2, 0.25) is 5.91 Å². The monoisotopic (exact) mass is 263 g/mol. The van der Waals surface area contributed by atoms with Crippen LogP contribution in [0.3, 0.4) is 0 Å². The van der Waals surface area contributed by atoms with Gasteiger partial charge in [0.05, 0.1) is 11.4 Å². The highest BCUT2D eigenvalue weighted by Gasteiger charge is 2.10. The zero-order valence-electron chi connectivity index (χ0n) is 10.1. The van der Waals surface area contributed by atoms with E-state index in [0.717, 1.165) is 12.1 Å². The SMILES string of the molecule is CC(=O)Nc1nc(-c2ccc(F)cc2F)ccc1N. The van der Waals surface area contributed by atoms with Gasteiger partial charge in [-0.2, -0.15) is 0 Å². The summed E-state index contributed by atoms with van der Waals surface area (Å²) in [5.74, 6) is -1.59. The maximum absolute atomic E-state index is 13.6. The molecule has 0 spiro atoms. The van der Waals surface area contributed by atoms with Crippen LogP contribution in [-0.2, 0) is 4.79 Å². The smallest absolute Gasteiger partial charge is 0.222 e. The molecule has 1 heterocycles. The fourth-order valence-electron chi connectivity index (χ4n) is 1.58. The summed E-state index contributed by atoms with van der Waals surface area (Å²) in [7, 11) is 0. The Kier molecular flexibility index (Phi) is 3.41.